The summed E-state index contributed by atoms with van der Waals surface area (Å²) in [6.07, 6.45) is 1.54. The molecule has 1 heterocycles. The smallest absolute Gasteiger partial charge is 0.229 e. The zero-order valence-corrected chi connectivity index (χ0v) is 18.3. The summed E-state index contributed by atoms with van der Waals surface area (Å²) in [5.41, 5.74) is 0.574. The van der Waals surface area contributed by atoms with Crippen LogP contribution in [0.25, 0.3) is 0 Å². The SMILES string of the molecule is COC1(c2ccc(C#Cc3cc(F)cc(F)c3NC(=O)C(C)(C)C)cc2)CCOCC1. The van der Waals surface area contributed by atoms with Crippen LogP contribution < -0.4 is 5.32 Å². The molecule has 0 spiro atoms. The molecule has 1 aliphatic rings. The normalized spacial score (nSPS) is 15.7. The van der Waals surface area contributed by atoms with Gasteiger partial charge in [0.25, 0.3) is 0 Å². The van der Waals surface area contributed by atoms with Crippen LogP contribution in [0.15, 0.2) is 36.4 Å². The number of benzene rings is 2. The molecule has 0 radical (unpaired) electrons. The third kappa shape index (κ3) is 5.30. The van der Waals surface area contributed by atoms with Gasteiger partial charge in [0.15, 0.2) is 5.82 Å². The summed E-state index contributed by atoms with van der Waals surface area (Å²) in [7, 11) is 1.70. The summed E-state index contributed by atoms with van der Waals surface area (Å²) in [4.78, 5) is 12.3. The number of methoxy groups -OCH3 is 1. The highest BCUT2D eigenvalue weighted by atomic mass is 19.1. The van der Waals surface area contributed by atoms with Gasteiger partial charge in [-0.2, -0.15) is 0 Å². The molecular formula is C25H27F2NO3. The van der Waals surface area contributed by atoms with Crippen molar-refractivity contribution in [2.45, 2.75) is 39.2 Å². The lowest BCUT2D eigenvalue weighted by Gasteiger charge is -2.36. The Morgan fingerprint density at radius 1 is 1.10 bits per heavy atom. The number of hydrogen-bond donors (Lipinski definition) is 1. The Morgan fingerprint density at radius 2 is 1.74 bits per heavy atom. The first-order valence-electron chi connectivity index (χ1n) is 10.2. The molecule has 3 rings (SSSR count). The predicted octanol–water partition coefficient (Wildman–Crippen LogP) is 5.00. The fourth-order valence-corrected chi connectivity index (χ4v) is 3.41. The molecule has 6 heteroatoms. The van der Waals surface area contributed by atoms with Crippen LogP contribution in [0, 0.1) is 28.9 Å². The Kier molecular flexibility index (Phi) is 6.78. The third-order valence-electron chi connectivity index (χ3n) is 5.42. The van der Waals surface area contributed by atoms with Crippen molar-refractivity contribution in [1.29, 1.82) is 0 Å². The van der Waals surface area contributed by atoms with E-state index in [1.165, 1.54) is 0 Å². The molecule has 0 unspecified atom stereocenters. The first-order valence-corrected chi connectivity index (χ1v) is 10.2. The number of ether oxygens (including phenoxy) is 2. The van der Waals surface area contributed by atoms with Gasteiger partial charge in [0.05, 0.1) is 16.9 Å². The maximum absolute atomic E-state index is 14.4. The average Bonchev–Trinajstić information content (AvgIpc) is 2.74. The highest BCUT2D eigenvalue weighted by Crippen LogP contribution is 2.35. The molecule has 1 fully saturated rings. The van der Waals surface area contributed by atoms with E-state index in [1.54, 1.807) is 27.9 Å². The molecule has 1 N–H and O–H groups in total. The van der Waals surface area contributed by atoms with Gasteiger partial charge in [-0.15, -0.1) is 0 Å². The maximum atomic E-state index is 14.4. The molecular weight excluding hydrogens is 400 g/mol. The number of hydrogen-bond acceptors (Lipinski definition) is 3. The Morgan fingerprint density at radius 3 is 2.32 bits per heavy atom. The van der Waals surface area contributed by atoms with Crippen LogP contribution >= 0.6 is 0 Å². The Bertz CT molecular complexity index is 1010. The number of rotatable bonds is 3. The average molecular weight is 427 g/mol. The van der Waals surface area contributed by atoms with Crippen LogP contribution in [0.5, 0.6) is 0 Å². The van der Waals surface area contributed by atoms with Gasteiger partial charge >= 0.3 is 0 Å². The molecule has 31 heavy (non-hydrogen) atoms. The number of nitrogens with one attached hydrogen (secondary N) is 1. The second-order valence-corrected chi connectivity index (χ2v) is 8.65. The summed E-state index contributed by atoms with van der Waals surface area (Å²) < 4.78 is 39.4. The van der Waals surface area contributed by atoms with Crippen molar-refractivity contribution in [1.82, 2.24) is 0 Å². The fraction of sp³-hybridized carbons (Fsp3) is 0.400. The molecule has 2 aromatic rings. The molecule has 0 bridgehead atoms. The second kappa shape index (κ2) is 9.17. The zero-order chi connectivity index (χ0) is 22.6. The molecule has 2 aromatic carbocycles. The van der Waals surface area contributed by atoms with Gasteiger partial charge in [-0.1, -0.05) is 44.7 Å². The van der Waals surface area contributed by atoms with E-state index in [4.69, 9.17) is 9.47 Å². The number of halogens is 2. The lowest BCUT2D eigenvalue weighted by Crippen LogP contribution is -2.35. The molecule has 1 aliphatic heterocycles. The summed E-state index contributed by atoms with van der Waals surface area (Å²) in [5, 5.41) is 2.54. The summed E-state index contributed by atoms with van der Waals surface area (Å²) in [5.74, 6) is 3.72. The lowest BCUT2D eigenvalue weighted by molar-refractivity contribution is -0.123. The van der Waals surface area contributed by atoms with Crippen LogP contribution in [0.2, 0.25) is 0 Å². The fourth-order valence-electron chi connectivity index (χ4n) is 3.41. The predicted molar refractivity (Wildman–Crippen MR) is 116 cm³/mol. The van der Waals surface area contributed by atoms with E-state index in [9.17, 15) is 13.6 Å². The van der Waals surface area contributed by atoms with Gasteiger partial charge in [0.1, 0.15) is 5.82 Å². The minimum atomic E-state index is -0.862. The molecule has 1 saturated heterocycles. The van der Waals surface area contributed by atoms with Crippen molar-refractivity contribution in [3.8, 4) is 11.8 Å². The minimum absolute atomic E-state index is 0.0805. The van der Waals surface area contributed by atoms with Gasteiger partial charge in [-0.25, -0.2) is 8.78 Å². The molecule has 0 saturated carbocycles. The molecule has 0 aliphatic carbocycles. The van der Waals surface area contributed by atoms with Crippen LogP contribution in [0.4, 0.5) is 14.5 Å². The second-order valence-electron chi connectivity index (χ2n) is 8.65. The number of amides is 1. The summed E-state index contributed by atoms with van der Waals surface area (Å²) in [6.45, 7) is 6.42. The van der Waals surface area contributed by atoms with E-state index >= 15 is 0 Å². The van der Waals surface area contributed by atoms with Gasteiger partial charge < -0.3 is 14.8 Å². The van der Waals surface area contributed by atoms with Gasteiger partial charge in [-0.3, -0.25) is 4.79 Å². The molecule has 164 valence electrons. The van der Waals surface area contributed by atoms with Crippen LogP contribution in [0.1, 0.15) is 50.3 Å². The van der Waals surface area contributed by atoms with Crippen molar-refractivity contribution in [2.24, 2.45) is 5.41 Å². The quantitative estimate of drug-likeness (QED) is 0.701. The Labute approximate surface area is 181 Å². The third-order valence-corrected chi connectivity index (χ3v) is 5.42. The highest BCUT2D eigenvalue weighted by molar-refractivity contribution is 5.95. The number of carbonyl (C=O) groups excluding carboxylic acids is 1. The minimum Gasteiger partial charge on any atom is -0.381 e. The van der Waals surface area contributed by atoms with E-state index in [0.717, 1.165) is 30.5 Å². The van der Waals surface area contributed by atoms with Crippen molar-refractivity contribution in [3.05, 3.63) is 64.7 Å². The highest BCUT2D eigenvalue weighted by Gasteiger charge is 2.34. The first kappa shape index (κ1) is 22.9. The molecule has 0 aromatic heterocycles. The van der Waals surface area contributed by atoms with Crippen molar-refractivity contribution in [3.63, 3.8) is 0 Å². The van der Waals surface area contributed by atoms with E-state index < -0.39 is 17.0 Å². The van der Waals surface area contributed by atoms with E-state index in [1.807, 2.05) is 24.3 Å². The molecule has 4 nitrogen and oxygen atoms in total. The van der Waals surface area contributed by atoms with Gasteiger partial charge in [0, 0.05) is 50.2 Å². The lowest BCUT2D eigenvalue weighted by atomic mass is 9.86. The standard InChI is InChI=1S/C25H27F2NO3/c1-24(2,3)23(29)28-22-18(15-20(26)16-21(22)27)8-5-17-6-9-19(10-7-17)25(30-4)11-13-31-14-12-25/h6-7,9-10,15-16H,11-14H2,1-4H3,(H,28,29). The van der Waals surface area contributed by atoms with E-state index in [-0.39, 0.29) is 22.8 Å². The van der Waals surface area contributed by atoms with Crippen molar-refractivity contribution >= 4 is 11.6 Å². The van der Waals surface area contributed by atoms with Gasteiger partial charge in [0.2, 0.25) is 5.91 Å². The zero-order valence-electron chi connectivity index (χ0n) is 18.3. The van der Waals surface area contributed by atoms with E-state index in [2.05, 4.69) is 17.2 Å². The van der Waals surface area contributed by atoms with Crippen LogP contribution in [-0.4, -0.2) is 26.2 Å². The molecule has 1 amide bonds. The monoisotopic (exact) mass is 427 g/mol. The Hall–Kier alpha value is -2.75. The number of anilines is 1. The van der Waals surface area contributed by atoms with Gasteiger partial charge in [-0.05, 0) is 23.8 Å². The van der Waals surface area contributed by atoms with Crippen LogP contribution in [0.3, 0.4) is 0 Å². The summed E-state index contributed by atoms with van der Waals surface area (Å²) >= 11 is 0. The van der Waals surface area contributed by atoms with Crippen LogP contribution in [-0.2, 0) is 19.9 Å². The number of carbonyl (C=O) groups is 1. The summed E-state index contributed by atoms with van der Waals surface area (Å²) in [6, 6.07) is 9.45. The largest absolute Gasteiger partial charge is 0.381 e. The Balaban J connectivity index is 1.89. The topological polar surface area (TPSA) is 47.6 Å². The first-order chi connectivity index (χ1) is 14.6. The van der Waals surface area contributed by atoms with Crippen molar-refractivity contribution < 1.29 is 23.0 Å². The van der Waals surface area contributed by atoms with Crippen molar-refractivity contribution in [2.75, 3.05) is 25.6 Å². The van der Waals surface area contributed by atoms with E-state index in [0.29, 0.717) is 18.8 Å². The molecule has 0 atom stereocenters. The maximum Gasteiger partial charge on any atom is 0.229 e.